The number of rotatable bonds is 0. The third-order valence-electron chi connectivity index (χ3n) is 24.7. The number of fused-ring (bicyclic) bond motifs is 46. The fraction of sp³-hybridized carbons (Fsp3) is 0.279. The van der Waals surface area contributed by atoms with Crippen molar-refractivity contribution in [1.29, 1.82) is 0 Å². The molecule has 0 saturated heterocycles. The van der Waals surface area contributed by atoms with E-state index in [2.05, 4.69) is 304 Å². The number of aromatic nitrogens is 6. The van der Waals surface area contributed by atoms with E-state index >= 15 is 0 Å². The van der Waals surface area contributed by atoms with E-state index in [1.54, 1.807) is 0 Å². The van der Waals surface area contributed by atoms with Crippen LogP contribution in [0.3, 0.4) is 0 Å². The molecule has 6 nitrogen and oxygen atoms in total. The Morgan fingerprint density at radius 2 is 0.430 bits per heavy atom. The molecule has 0 spiro atoms. The number of nitrogens with zero attached hydrogens (tertiary/aromatic N) is 6. The van der Waals surface area contributed by atoms with Gasteiger partial charge in [-0.3, -0.25) is 13.2 Å². The summed E-state index contributed by atoms with van der Waals surface area (Å²) in [7, 11) is 0. The summed E-state index contributed by atoms with van der Waals surface area (Å²) in [6.07, 6.45) is 6.09. The number of hydrogen-bond donors (Lipinski definition) is 0. The number of imidazole rings is 3. The molecule has 696 valence electrons. The Hall–Kier alpha value is -13.3. The van der Waals surface area contributed by atoms with Crippen LogP contribution in [0.4, 0.5) is 0 Å². The summed E-state index contributed by atoms with van der Waals surface area (Å²) >= 11 is 0. The van der Waals surface area contributed by atoms with Crippen molar-refractivity contribution in [1.82, 2.24) is 28.2 Å². The summed E-state index contributed by atoms with van der Waals surface area (Å²) in [6.45, 7) is 60.0. The van der Waals surface area contributed by atoms with Crippen LogP contribution in [0.1, 0.15) is 274 Å². The molecule has 27 rings (SSSR count). The highest BCUT2D eigenvalue weighted by Gasteiger charge is 2.34. The molecule has 6 heterocycles. The third kappa shape index (κ3) is 18.2. The molecule has 6 heteroatoms. The maximum atomic E-state index is 5.36. The van der Waals surface area contributed by atoms with Crippen molar-refractivity contribution >= 4 is 115 Å². The highest BCUT2D eigenvalue weighted by molar-refractivity contribution is 6.18. The Morgan fingerprint density at radius 1 is 0.163 bits per heavy atom. The second-order valence-corrected chi connectivity index (χ2v) is 29.9. The molecular weight excluding hydrogens is 1630 g/mol. The van der Waals surface area contributed by atoms with Gasteiger partial charge in [-0.05, 0) is 231 Å². The van der Waals surface area contributed by atoms with E-state index < -0.39 is 0 Å². The predicted octanol–water partition coefficient (Wildman–Crippen LogP) is 39.2. The Balaban J connectivity index is 0.000000184. The first kappa shape index (κ1) is 104. The molecule has 0 aliphatic heterocycles. The van der Waals surface area contributed by atoms with Gasteiger partial charge in [0.15, 0.2) is 0 Å². The zero-order valence-electron chi connectivity index (χ0n) is 87.1. The van der Waals surface area contributed by atoms with Gasteiger partial charge in [0, 0.05) is 37.9 Å². The van der Waals surface area contributed by atoms with Crippen LogP contribution in [0, 0.1) is 0 Å². The van der Waals surface area contributed by atoms with Crippen molar-refractivity contribution in [3.8, 4) is 66.8 Å². The summed E-state index contributed by atoms with van der Waals surface area (Å²) in [4.78, 5) is 15.8. The quantitative estimate of drug-likeness (QED) is 0.142. The van der Waals surface area contributed by atoms with Crippen LogP contribution < -0.4 is 0 Å². The lowest BCUT2D eigenvalue weighted by Crippen LogP contribution is -1.91. The van der Waals surface area contributed by atoms with Gasteiger partial charge in [0.1, 0.15) is 16.9 Å². The average molecular weight is 1780 g/mol. The highest BCUT2D eigenvalue weighted by Crippen LogP contribution is 2.53. The van der Waals surface area contributed by atoms with Gasteiger partial charge in [0.25, 0.3) is 0 Å². The van der Waals surface area contributed by atoms with Gasteiger partial charge < -0.3 is 0 Å². The van der Waals surface area contributed by atoms with Crippen LogP contribution in [0.25, 0.3) is 182 Å². The third-order valence-corrected chi connectivity index (χ3v) is 24.7. The van der Waals surface area contributed by atoms with Crippen LogP contribution in [-0.4, -0.2) is 28.2 Å². The number of para-hydroxylation sites is 3. The molecule has 135 heavy (non-hydrogen) atoms. The Bertz CT molecular complexity index is 7560. The van der Waals surface area contributed by atoms with E-state index in [1.165, 1.54) is 215 Å². The van der Waals surface area contributed by atoms with Crippen LogP contribution in [-0.2, 0) is 38.5 Å². The van der Waals surface area contributed by atoms with E-state index in [9.17, 15) is 0 Å². The van der Waals surface area contributed by atoms with Gasteiger partial charge in [-0.25, -0.2) is 15.0 Å². The minimum atomic E-state index is 0.980. The second-order valence-electron chi connectivity index (χ2n) is 29.9. The molecule has 0 amide bonds. The van der Waals surface area contributed by atoms with E-state index in [1.807, 2.05) is 208 Å². The molecule has 15 aromatic carbocycles. The van der Waals surface area contributed by atoms with E-state index in [4.69, 9.17) is 15.0 Å². The number of hydrogen-bond acceptors (Lipinski definition) is 3. The summed E-state index contributed by atoms with van der Waals surface area (Å²) in [5, 5.41) is 11.2. The SMILES string of the molecule is CC.CC.CC.CC.CC.CC.CC.CC.CC.CC.CC.CC.CC.CC.CC.c1ccc2c(c1)Cc1c-2ccc2c1Cc1cc3nc4c5ccccc5c5ccccc5n4c3cc1-2.c1ccc2c(c1)Cc1c-2ccc2c1Cc1ccc3c(nc4c5ccccc5c5ccccc5n34)c1-2.c1ccc2c(c1)Cc1ccc3c(c1-2)Cc1cc2nc4c5ccccc5c5ccccc5n4c2cc1-3. The lowest BCUT2D eigenvalue weighted by Gasteiger charge is -2.10. The van der Waals surface area contributed by atoms with E-state index in [-0.39, 0.29) is 0 Å². The molecule has 6 aliphatic carbocycles. The second kappa shape index (κ2) is 49.1. The maximum absolute atomic E-state index is 5.36. The summed E-state index contributed by atoms with van der Waals surface area (Å²) in [5.74, 6) is 0. The van der Waals surface area contributed by atoms with Crippen molar-refractivity contribution in [3.63, 3.8) is 0 Å². The lowest BCUT2D eigenvalue weighted by atomic mass is 9.95. The van der Waals surface area contributed by atoms with Crippen LogP contribution in [0.15, 0.2) is 291 Å². The fourth-order valence-corrected chi connectivity index (χ4v) is 20.2. The zero-order valence-corrected chi connectivity index (χ0v) is 87.1. The van der Waals surface area contributed by atoms with Gasteiger partial charge >= 0.3 is 0 Å². The summed E-state index contributed by atoms with van der Waals surface area (Å²) in [5.41, 5.74) is 47.9. The first-order valence-electron chi connectivity index (χ1n) is 52.0. The van der Waals surface area contributed by atoms with Gasteiger partial charge in [-0.2, -0.15) is 0 Å². The minimum Gasteiger partial charge on any atom is -0.292 e. The Kier molecular flexibility index (Phi) is 37.7. The molecule has 6 aromatic heterocycles. The molecule has 0 fully saturated rings. The topological polar surface area (TPSA) is 51.9 Å². The summed E-state index contributed by atoms with van der Waals surface area (Å²) < 4.78 is 7.11. The monoisotopic (exact) mass is 1780 g/mol. The highest BCUT2D eigenvalue weighted by atomic mass is 15.0. The van der Waals surface area contributed by atoms with Crippen molar-refractivity contribution in [3.05, 3.63) is 358 Å². The predicted molar refractivity (Wildman–Crippen MR) is 603 cm³/mol. The fourth-order valence-electron chi connectivity index (χ4n) is 20.2. The van der Waals surface area contributed by atoms with Gasteiger partial charge in [0.2, 0.25) is 0 Å². The number of pyridine rings is 3. The molecule has 0 bridgehead atoms. The number of benzene rings is 15. The van der Waals surface area contributed by atoms with E-state index in [0.29, 0.717) is 0 Å². The Labute approximate surface area is 808 Å². The molecule has 0 radical (unpaired) electrons. The van der Waals surface area contributed by atoms with Gasteiger partial charge in [-0.1, -0.05) is 450 Å². The molecule has 0 unspecified atom stereocenters. The van der Waals surface area contributed by atoms with Crippen molar-refractivity contribution in [2.24, 2.45) is 0 Å². The van der Waals surface area contributed by atoms with Crippen molar-refractivity contribution < 1.29 is 0 Å². The van der Waals surface area contributed by atoms with E-state index in [0.717, 1.165) is 72.0 Å². The molecule has 0 atom stereocenters. The van der Waals surface area contributed by atoms with Gasteiger partial charge in [-0.15, -0.1) is 0 Å². The first-order valence-corrected chi connectivity index (χ1v) is 52.0. The lowest BCUT2D eigenvalue weighted by molar-refractivity contribution is 1.16. The normalized spacial score (nSPS) is 11.2. The van der Waals surface area contributed by atoms with Crippen molar-refractivity contribution in [2.75, 3.05) is 0 Å². The molecule has 0 N–H and O–H groups in total. The Morgan fingerprint density at radius 3 is 0.837 bits per heavy atom. The first-order chi connectivity index (χ1) is 67.1. The standard InChI is InChI=1S/3C33H20N2.15C2H6/c1-2-8-21-19(7-1)17-27-23(21)14-15-25-28(27)18-20-13-16-30-32(31(20)25)34-33-26-11-4-3-9-22(26)24-10-5-6-12-29(24)35(30)33;1-2-8-21-19(7-1)15-28-23(21)13-14-24-27-18-32-30(17-20(27)16-29(24)28)34-33-26-11-4-3-9-22(26)25-10-5-6-12-31(25)35(32)33;1-2-8-22-19(7-1)15-20-13-14-24-27-18-31-29(17-21(27)16-28(24)32(20)22)34-33-26-11-4-3-9-23(26)25-10-5-6-12-30(25)35(31)33;15*1-2/h1-16H,17-18H2;2*1-14,17-18H,15-16H2;15*1-2H3. The average Bonchev–Trinajstić information content (AvgIpc) is 1.60. The molecular formula is C129H150N6. The molecule has 21 aromatic rings. The zero-order chi connectivity index (χ0) is 98.0. The largest absolute Gasteiger partial charge is 0.292 e. The van der Waals surface area contributed by atoms with Crippen LogP contribution in [0.2, 0.25) is 0 Å². The van der Waals surface area contributed by atoms with Gasteiger partial charge in [0.05, 0.1) is 49.7 Å². The molecule has 6 aliphatic rings. The van der Waals surface area contributed by atoms with Crippen LogP contribution in [0.5, 0.6) is 0 Å². The van der Waals surface area contributed by atoms with Crippen LogP contribution >= 0.6 is 0 Å². The minimum absolute atomic E-state index is 0.980. The van der Waals surface area contributed by atoms with Crippen molar-refractivity contribution in [2.45, 2.75) is 246 Å². The molecule has 0 saturated carbocycles. The maximum Gasteiger partial charge on any atom is 0.146 e. The summed E-state index contributed by atoms with van der Waals surface area (Å²) in [6, 6.07) is 107. The smallest absolute Gasteiger partial charge is 0.146 e.